The van der Waals surface area contributed by atoms with Crippen molar-refractivity contribution in [2.24, 2.45) is 5.10 Å². The molecule has 2 amide bonds. The lowest BCUT2D eigenvalue weighted by Crippen LogP contribution is -2.24. The molecule has 4 rings (SSSR count). The third-order valence-corrected chi connectivity index (χ3v) is 5.69. The van der Waals surface area contributed by atoms with Gasteiger partial charge in [-0.15, -0.1) is 0 Å². The van der Waals surface area contributed by atoms with Crippen LogP contribution in [0.15, 0.2) is 32.3 Å². The van der Waals surface area contributed by atoms with Crippen molar-refractivity contribution in [3.05, 3.63) is 57.7 Å². The maximum atomic E-state index is 12.6. The van der Waals surface area contributed by atoms with Gasteiger partial charge in [0.25, 0.3) is 5.91 Å². The van der Waals surface area contributed by atoms with Gasteiger partial charge in [-0.1, -0.05) is 6.07 Å². The second-order valence-electron chi connectivity index (χ2n) is 8.39. The number of benzene rings is 1. The number of carbonyl (C=O) groups is 2. The third-order valence-electron chi connectivity index (χ3n) is 5.69. The molecule has 31 heavy (non-hydrogen) atoms. The van der Waals surface area contributed by atoms with Crippen molar-refractivity contribution in [2.45, 2.75) is 46.5 Å². The van der Waals surface area contributed by atoms with Crippen LogP contribution in [-0.4, -0.2) is 36.5 Å². The molecule has 3 aromatic rings. The first kappa shape index (κ1) is 20.9. The molecule has 0 unspecified atom stereocenters. The van der Waals surface area contributed by atoms with Gasteiger partial charge in [0.2, 0.25) is 5.91 Å². The molecular formula is C24H27N3O4. The molecule has 0 atom stereocenters. The van der Waals surface area contributed by atoms with Gasteiger partial charge in [0.05, 0.1) is 18.4 Å². The van der Waals surface area contributed by atoms with Crippen molar-refractivity contribution in [3.8, 4) is 0 Å². The Morgan fingerprint density at radius 1 is 1.16 bits per heavy atom. The van der Waals surface area contributed by atoms with Crippen molar-refractivity contribution in [3.63, 3.8) is 0 Å². The van der Waals surface area contributed by atoms with Crippen LogP contribution in [0.25, 0.3) is 11.0 Å². The van der Waals surface area contributed by atoms with E-state index in [1.165, 1.54) is 4.90 Å². The summed E-state index contributed by atoms with van der Waals surface area (Å²) in [5.74, 6) is 0.709. The van der Waals surface area contributed by atoms with Crippen LogP contribution in [0.3, 0.4) is 0 Å². The van der Waals surface area contributed by atoms with Gasteiger partial charge >= 0.3 is 0 Å². The molecule has 0 radical (unpaired) electrons. The average molecular weight is 421 g/mol. The zero-order chi connectivity index (χ0) is 22.3. The number of amides is 2. The SMILES string of the molecule is Cc1cc(C)c2c(CC(=O)N/N=C3\CCCc4oc(C(=O)N(C)C)c(C)c43)coc2c1. The Morgan fingerprint density at radius 3 is 2.68 bits per heavy atom. The van der Waals surface area contributed by atoms with Gasteiger partial charge in [-0.2, -0.15) is 5.10 Å². The van der Waals surface area contributed by atoms with E-state index in [0.29, 0.717) is 5.76 Å². The van der Waals surface area contributed by atoms with Crippen molar-refractivity contribution >= 4 is 28.5 Å². The van der Waals surface area contributed by atoms with E-state index in [4.69, 9.17) is 8.83 Å². The van der Waals surface area contributed by atoms with E-state index in [1.54, 1.807) is 20.4 Å². The number of hydrogen-bond donors (Lipinski definition) is 1. The van der Waals surface area contributed by atoms with Crippen LogP contribution >= 0.6 is 0 Å². The zero-order valence-corrected chi connectivity index (χ0v) is 18.6. The Kier molecular flexibility index (Phi) is 5.43. The Labute approximate surface area is 181 Å². The van der Waals surface area contributed by atoms with E-state index in [1.807, 2.05) is 26.8 Å². The Hall–Kier alpha value is -3.35. The normalized spacial score (nSPS) is 14.7. The fourth-order valence-corrected chi connectivity index (χ4v) is 4.29. The minimum Gasteiger partial charge on any atom is -0.464 e. The second-order valence-corrected chi connectivity index (χ2v) is 8.39. The summed E-state index contributed by atoms with van der Waals surface area (Å²) in [5, 5.41) is 5.38. The molecule has 1 N–H and O–H groups in total. The van der Waals surface area contributed by atoms with Gasteiger partial charge in [0.15, 0.2) is 5.76 Å². The van der Waals surface area contributed by atoms with Crippen LogP contribution in [0, 0.1) is 20.8 Å². The summed E-state index contributed by atoms with van der Waals surface area (Å²) in [6.07, 6.45) is 4.15. The first-order valence-electron chi connectivity index (χ1n) is 10.4. The first-order chi connectivity index (χ1) is 14.8. The van der Waals surface area contributed by atoms with E-state index in [9.17, 15) is 9.59 Å². The molecule has 0 spiro atoms. The van der Waals surface area contributed by atoms with Crippen LogP contribution < -0.4 is 5.43 Å². The highest BCUT2D eigenvalue weighted by Crippen LogP contribution is 2.30. The summed E-state index contributed by atoms with van der Waals surface area (Å²) in [4.78, 5) is 26.5. The van der Waals surface area contributed by atoms with E-state index in [0.717, 1.165) is 69.5 Å². The minimum atomic E-state index is -0.215. The predicted octanol–water partition coefficient (Wildman–Crippen LogP) is 4.05. The van der Waals surface area contributed by atoms with Crippen molar-refractivity contribution < 1.29 is 18.4 Å². The number of nitrogens with one attached hydrogen (secondary N) is 1. The van der Waals surface area contributed by atoms with Gasteiger partial charge < -0.3 is 13.7 Å². The van der Waals surface area contributed by atoms with E-state index in [2.05, 4.69) is 16.6 Å². The lowest BCUT2D eigenvalue weighted by Gasteiger charge is -2.13. The van der Waals surface area contributed by atoms with Gasteiger partial charge in [-0.25, -0.2) is 5.43 Å². The van der Waals surface area contributed by atoms with Crippen LogP contribution in [0.4, 0.5) is 0 Å². The lowest BCUT2D eigenvalue weighted by atomic mass is 9.93. The smallest absolute Gasteiger partial charge is 0.289 e. The number of hydrogen-bond acceptors (Lipinski definition) is 5. The molecule has 0 fully saturated rings. The lowest BCUT2D eigenvalue weighted by molar-refractivity contribution is -0.120. The number of rotatable bonds is 4. The monoisotopic (exact) mass is 421 g/mol. The molecule has 1 aliphatic carbocycles. The zero-order valence-electron chi connectivity index (χ0n) is 18.6. The molecule has 7 nitrogen and oxygen atoms in total. The van der Waals surface area contributed by atoms with Gasteiger partial charge in [-0.3, -0.25) is 9.59 Å². The summed E-state index contributed by atoms with van der Waals surface area (Å²) in [6, 6.07) is 4.05. The fraction of sp³-hybridized carbons (Fsp3) is 0.375. The molecule has 1 aromatic carbocycles. The molecule has 0 aliphatic heterocycles. The largest absolute Gasteiger partial charge is 0.464 e. The average Bonchev–Trinajstić information content (AvgIpc) is 3.27. The van der Waals surface area contributed by atoms with Gasteiger partial charge in [0.1, 0.15) is 11.3 Å². The molecular weight excluding hydrogens is 394 g/mol. The molecule has 0 saturated heterocycles. The topological polar surface area (TPSA) is 88.0 Å². The number of aryl methyl sites for hydroxylation is 3. The molecule has 7 heteroatoms. The standard InChI is InChI=1S/C24H27N3O4/c1-13-9-14(2)21-16(12-30-19(21)10-13)11-20(28)26-25-17-7-6-8-18-22(17)15(3)23(31-18)24(29)27(4)5/h9-10,12H,6-8,11H2,1-5H3,(H,26,28)/b25-17+. The summed E-state index contributed by atoms with van der Waals surface area (Å²) in [7, 11) is 3.39. The molecule has 2 aromatic heterocycles. The van der Waals surface area contributed by atoms with Crippen molar-refractivity contribution in [1.82, 2.24) is 10.3 Å². The minimum absolute atomic E-state index is 0.173. The van der Waals surface area contributed by atoms with Crippen LogP contribution in [0.1, 0.15) is 57.0 Å². The first-order valence-corrected chi connectivity index (χ1v) is 10.4. The predicted molar refractivity (Wildman–Crippen MR) is 118 cm³/mol. The van der Waals surface area contributed by atoms with Crippen molar-refractivity contribution in [2.75, 3.05) is 14.1 Å². The molecule has 0 saturated carbocycles. The van der Waals surface area contributed by atoms with E-state index >= 15 is 0 Å². The summed E-state index contributed by atoms with van der Waals surface area (Å²) in [5.41, 5.74) is 8.89. The maximum absolute atomic E-state index is 12.6. The highest BCUT2D eigenvalue weighted by Gasteiger charge is 2.28. The third kappa shape index (κ3) is 3.87. The summed E-state index contributed by atoms with van der Waals surface area (Å²) < 4.78 is 11.5. The molecule has 0 bridgehead atoms. The Bertz CT molecular complexity index is 1210. The van der Waals surface area contributed by atoms with Crippen LogP contribution in [0.2, 0.25) is 0 Å². The number of fused-ring (bicyclic) bond motifs is 2. The van der Waals surface area contributed by atoms with Gasteiger partial charge in [0, 0.05) is 42.6 Å². The summed E-state index contributed by atoms with van der Waals surface area (Å²) >= 11 is 0. The fourth-order valence-electron chi connectivity index (χ4n) is 4.29. The Balaban J connectivity index is 1.55. The van der Waals surface area contributed by atoms with Crippen LogP contribution in [0.5, 0.6) is 0 Å². The van der Waals surface area contributed by atoms with E-state index < -0.39 is 0 Å². The highest BCUT2D eigenvalue weighted by atomic mass is 16.4. The second kappa shape index (κ2) is 8.06. The number of furan rings is 2. The highest BCUT2D eigenvalue weighted by molar-refractivity contribution is 6.06. The van der Waals surface area contributed by atoms with Gasteiger partial charge in [-0.05, 0) is 50.8 Å². The number of hydrazone groups is 1. The maximum Gasteiger partial charge on any atom is 0.289 e. The molecule has 1 aliphatic rings. The van der Waals surface area contributed by atoms with Crippen LogP contribution in [-0.2, 0) is 17.6 Å². The molecule has 162 valence electrons. The Morgan fingerprint density at radius 2 is 1.94 bits per heavy atom. The summed E-state index contributed by atoms with van der Waals surface area (Å²) in [6.45, 7) is 5.90. The van der Waals surface area contributed by atoms with E-state index in [-0.39, 0.29) is 18.2 Å². The quantitative estimate of drug-likeness (QED) is 0.644. The number of carbonyl (C=O) groups excluding carboxylic acids is 2. The van der Waals surface area contributed by atoms with Crippen molar-refractivity contribution in [1.29, 1.82) is 0 Å². The molecule has 2 heterocycles. The number of nitrogens with zero attached hydrogens (tertiary/aromatic N) is 2.